The van der Waals surface area contributed by atoms with Crippen molar-refractivity contribution in [3.05, 3.63) is 12.5 Å². The quantitative estimate of drug-likeness (QED) is 0.547. The van der Waals surface area contributed by atoms with Crippen LogP contribution in [0.3, 0.4) is 0 Å². The van der Waals surface area contributed by atoms with E-state index in [-0.39, 0.29) is 12.8 Å². The molecule has 0 fully saturated rings. The number of carbonyl (C=O) groups excluding carboxylic acids is 1. The second-order valence-electron chi connectivity index (χ2n) is 1.75. The van der Waals surface area contributed by atoms with Crippen LogP contribution in [-0.4, -0.2) is 24.3 Å². The molecule has 0 unspecified atom stereocenters. The highest BCUT2D eigenvalue weighted by Gasteiger charge is 2.14. The van der Waals surface area contributed by atoms with Crippen LogP contribution >= 0.6 is 0 Å². The number of hydrogen-bond acceptors (Lipinski definition) is 3. The first-order chi connectivity index (χ1) is 4.84. The van der Waals surface area contributed by atoms with E-state index in [1.54, 1.807) is 6.92 Å². The molecule has 0 aromatic carbocycles. The van der Waals surface area contributed by atoms with Crippen molar-refractivity contribution in [3.8, 4) is 0 Å². The molecule has 1 amide bonds. The Morgan fingerprint density at radius 1 is 1.90 bits per heavy atom. The minimum atomic E-state index is -0.365. The summed E-state index contributed by atoms with van der Waals surface area (Å²) in [4.78, 5) is 12.2. The molecule has 56 valence electrons. The van der Waals surface area contributed by atoms with Crippen LogP contribution in [0, 0.1) is 0 Å². The van der Waals surface area contributed by atoms with Gasteiger partial charge in [-0.15, -0.1) is 0 Å². The molecule has 1 aliphatic rings. The Morgan fingerprint density at radius 2 is 2.70 bits per heavy atom. The number of nitrogens with zero attached hydrogens (tertiary/aromatic N) is 1. The monoisotopic (exact) mass is 143 g/mol. The predicted octanol–water partition coefficient (Wildman–Crippen LogP) is 0.904. The van der Waals surface area contributed by atoms with Crippen LogP contribution in [0.25, 0.3) is 0 Å². The third kappa shape index (κ3) is 1.40. The highest BCUT2D eigenvalue weighted by molar-refractivity contribution is 5.68. The number of rotatable bonds is 1. The molecule has 0 bridgehead atoms. The van der Waals surface area contributed by atoms with E-state index in [0.717, 1.165) is 0 Å². The summed E-state index contributed by atoms with van der Waals surface area (Å²) in [6, 6.07) is 0. The fourth-order valence-electron chi connectivity index (χ4n) is 0.603. The van der Waals surface area contributed by atoms with Gasteiger partial charge in [0.25, 0.3) is 0 Å². The summed E-state index contributed by atoms with van der Waals surface area (Å²) >= 11 is 0. The molecule has 0 aromatic heterocycles. The van der Waals surface area contributed by atoms with Crippen molar-refractivity contribution in [2.24, 2.45) is 0 Å². The minimum Gasteiger partial charge on any atom is -0.479 e. The lowest BCUT2D eigenvalue weighted by Gasteiger charge is -2.09. The zero-order chi connectivity index (χ0) is 7.40. The number of carbonyl (C=O) groups is 1. The van der Waals surface area contributed by atoms with Crippen molar-refractivity contribution in [3.63, 3.8) is 0 Å². The largest absolute Gasteiger partial charge is 0.479 e. The summed E-state index contributed by atoms with van der Waals surface area (Å²) in [5.74, 6) is 0. The maximum atomic E-state index is 10.8. The van der Waals surface area contributed by atoms with Gasteiger partial charge in [-0.1, -0.05) is 0 Å². The van der Waals surface area contributed by atoms with Gasteiger partial charge >= 0.3 is 6.09 Å². The standard InChI is InChI=1S/C6H9NO3/c1-2-10-6(8)7-3-4-9-5-7/h3-4H,2,5H2,1H3. The summed E-state index contributed by atoms with van der Waals surface area (Å²) in [6.45, 7) is 2.42. The molecule has 0 atom stereocenters. The van der Waals surface area contributed by atoms with Gasteiger partial charge in [0.2, 0.25) is 0 Å². The van der Waals surface area contributed by atoms with Gasteiger partial charge in [0.05, 0.1) is 6.61 Å². The summed E-state index contributed by atoms with van der Waals surface area (Å²) < 4.78 is 9.45. The van der Waals surface area contributed by atoms with Crippen LogP contribution in [0.5, 0.6) is 0 Å². The van der Waals surface area contributed by atoms with Gasteiger partial charge in [-0.3, -0.25) is 0 Å². The van der Waals surface area contributed by atoms with E-state index < -0.39 is 0 Å². The van der Waals surface area contributed by atoms with E-state index in [0.29, 0.717) is 6.61 Å². The predicted molar refractivity (Wildman–Crippen MR) is 34.0 cm³/mol. The van der Waals surface area contributed by atoms with Crippen molar-refractivity contribution in [1.82, 2.24) is 4.90 Å². The molecule has 1 aliphatic heterocycles. The normalized spacial score (nSPS) is 15.1. The van der Waals surface area contributed by atoms with E-state index in [4.69, 9.17) is 4.74 Å². The Hall–Kier alpha value is -1.19. The second kappa shape index (κ2) is 3.10. The molecule has 10 heavy (non-hydrogen) atoms. The van der Waals surface area contributed by atoms with Crippen LogP contribution in [0.1, 0.15) is 6.92 Å². The van der Waals surface area contributed by atoms with Crippen molar-refractivity contribution in [1.29, 1.82) is 0 Å². The van der Waals surface area contributed by atoms with E-state index >= 15 is 0 Å². The maximum Gasteiger partial charge on any atom is 0.416 e. The third-order valence-electron chi connectivity index (χ3n) is 1.05. The summed E-state index contributed by atoms with van der Waals surface area (Å²) in [7, 11) is 0. The average molecular weight is 143 g/mol. The SMILES string of the molecule is CCOC(=O)N1C=COC1. The van der Waals surface area contributed by atoms with Gasteiger partial charge in [0, 0.05) is 6.20 Å². The molecule has 1 rings (SSSR count). The van der Waals surface area contributed by atoms with E-state index in [1.165, 1.54) is 17.4 Å². The van der Waals surface area contributed by atoms with Crippen LogP contribution in [0.15, 0.2) is 12.5 Å². The molecule has 0 N–H and O–H groups in total. The molecule has 0 spiro atoms. The fourth-order valence-corrected chi connectivity index (χ4v) is 0.603. The first-order valence-corrected chi connectivity index (χ1v) is 3.06. The molecule has 1 heterocycles. The Kier molecular flexibility index (Phi) is 2.15. The Bertz CT molecular complexity index is 155. The van der Waals surface area contributed by atoms with Crippen LogP contribution < -0.4 is 0 Å². The molecule has 0 aromatic rings. The first kappa shape index (κ1) is 6.92. The molecule has 0 radical (unpaired) electrons. The topological polar surface area (TPSA) is 38.8 Å². The zero-order valence-corrected chi connectivity index (χ0v) is 5.74. The highest BCUT2D eigenvalue weighted by atomic mass is 16.6. The van der Waals surface area contributed by atoms with Crippen molar-refractivity contribution in [2.75, 3.05) is 13.3 Å². The fraction of sp³-hybridized carbons (Fsp3) is 0.500. The summed E-state index contributed by atoms with van der Waals surface area (Å²) in [5.41, 5.74) is 0. The lowest BCUT2D eigenvalue weighted by molar-refractivity contribution is 0.0981. The van der Waals surface area contributed by atoms with Gasteiger partial charge in [0.15, 0.2) is 6.73 Å². The lowest BCUT2D eigenvalue weighted by Crippen LogP contribution is -2.24. The van der Waals surface area contributed by atoms with Crippen LogP contribution in [0.2, 0.25) is 0 Å². The van der Waals surface area contributed by atoms with Gasteiger partial charge in [-0.2, -0.15) is 0 Å². The van der Waals surface area contributed by atoms with E-state index in [2.05, 4.69) is 4.74 Å². The maximum absolute atomic E-state index is 10.8. The number of hydrogen-bond donors (Lipinski definition) is 0. The molecular formula is C6H9NO3. The molecule has 0 saturated heterocycles. The minimum absolute atomic E-state index is 0.263. The smallest absolute Gasteiger partial charge is 0.416 e. The van der Waals surface area contributed by atoms with Crippen molar-refractivity contribution >= 4 is 6.09 Å². The molecular weight excluding hydrogens is 134 g/mol. The molecule has 0 saturated carbocycles. The van der Waals surface area contributed by atoms with E-state index in [9.17, 15) is 4.79 Å². The van der Waals surface area contributed by atoms with Crippen molar-refractivity contribution < 1.29 is 14.3 Å². The zero-order valence-electron chi connectivity index (χ0n) is 5.74. The van der Waals surface area contributed by atoms with Gasteiger partial charge in [0.1, 0.15) is 6.26 Å². The van der Waals surface area contributed by atoms with Gasteiger partial charge in [-0.05, 0) is 6.92 Å². The number of ether oxygens (including phenoxy) is 2. The average Bonchev–Trinajstić information content (AvgIpc) is 2.38. The van der Waals surface area contributed by atoms with E-state index in [1.807, 2.05) is 0 Å². The summed E-state index contributed by atoms with van der Waals surface area (Å²) in [6.07, 6.45) is 2.63. The first-order valence-electron chi connectivity index (χ1n) is 3.06. The highest BCUT2D eigenvalue weighted by Crippen LogP contribution is 2.02. The van der Waals surface area contributed by atoms with Crippen molar-refractivity contribution in [2.45, 2.75) is 6.92 Å². The second-order valence-corrected chi connectivity index (χ2v) is 1.75. The van der Waals surface area contributed by atoms with Gasteiger partial charge in [-0.25, -0.2) is 9.69 Å². The van der Waals surface area contributed by atoms with Crippen LogP contribution in [-0.2, 0) is 9.47 Å². The summed E-state index contributed by atoms with van der Waals surface area (Å²) in [5, 5.41) is 0. The number of amides is 1. The molecule has 4 nitrogen and oxygen atoms in total. The lowest BCUT2D eigenvalue weighted by atomic mass is 10.8. The Labute approximate surface area is 59.0 Å². The molecule has 0 aliphatic carbocycles. The Balaban J connectivity index is 2.33. The molecule has 4 heteroatoms. The van der Waals surface area contributed by atoms with Crippen LogP contribution in [0.4, 0.5) is 4.79 Å². The third-order valence-corrected chi connectivity index (χ3v) is 1.05. The van der Waals surface area contributed by atoms with Gasteiger partial charge < -0.3 is 9.47 Å². The Morgan fingerprint density at radius 3 is 3.20 bits per heavy atom.